The van der Waals surface area contributed by atoms with Crippen LogP contribution in [0.3, 0.4) is 0 Å². The van der Waals surface area contributed by atoms with Gasteiger partial charge in [-0.15, -0.1) is 0 Å². The maximum Gasteiger partial charge on any atom is 0.240 e. The molecule has 1 aromatic rings. The Morgan fingerprint density at radius 2 is 1.89 bits per heavy atom. The minimum atomic E-state index is -3.78. The number of hydrogen-bond acceptors (Lipinski definition) is 5. The lowest BCUT2D eigenvalue weighted by Crippen LogP contribution is -2.29. The van der Waals surface area contributed by atoms with Gasteiger partial charge in [0.2, 0.25) is 10.0 Å². The fraction of sp³-hybridized carbons (Fsp3) is 0.500. The first-order valence-electron chi connectivity index (χ1n) is 6.24. The molecule has 6 nitrogen and oxygen atoms in total. The van der Waals surface area contributed by atoms with Gasteiger partial charge in [0.1, 0.15) is 4.90 Å². The van der Waals surface area contributed by atoms with E-state index in [2.05, 4.69) is 16.8 Å². The normalized spacial score (nSPS) is 18.3. The summed E-state index contributed by atoms with van der Waals surface area (Å²) in [6.45, 7) is 3.65. The van der Waals surface area contributed by atoms with Crippen LogP contribution in [0.1, 0.15) is 6.42 Å². The van der Waals surface area contributed by atoms with Crippen LogP contribution in [-0.4, -0.2) is 46.5 Å². The maximum absolute atomic E-state index is 11.5. The summed E-state index contributed by atoms with van der Waals surface area (Å²) >= 11 is 0. The lowest BCUT2D eigenvalue weighted by molar-refractivity contribution is 0.360. The Labute approximate surface area is 114 Å². The van der Waals surface area contributed by atoms with Gasteiger partial charge in [0.15, 0.2) is 0 Å². The van der Waals surface area contributed by atoms with Crippen molar-refractivity contribution >= 4 is 21.4 Å². The summed E-state index contributed by atoms with van der Waals surface area (Å²) in [6, 6.07) is 4.97. The third-order valence-electron chi connectivity index (χ3n) is 3.41. The first-order chi connectivity index (χ1) is 8.89. The van der Waals surface area contributed by atoms with Crippen LogP contribution in [0.4, 0.5) is 11.4 Å². The van der Waals surface area contributed by atoms with E-state index >= 15 is 0 Å². The molecule has 106 valence electrons. The molecule has 0 radical (unpaired) electrons. The van der Waals surface area contributed by atoms with E-state index in [0.29, 0.717) is 0 Å². The van der Waals surface area contributed by atoms with Crippen molar-refractivity contribution in [2.45, 2.75) is 11.3 Å². The average Bonchev–Trinajstić information content (AvgIpc) is 2.53. The number of nitrogens with two attached hydrogens (primary N) is 2. The number of anilines is 2. The highest BCUT2D eigenvalue weighted by molar-refractivity contribution is 7.89. The number of hydrogen-bond donors (Lipinski definition) is 2. The quantitative estimate of drug-likeness (QED) is 0.749. The fourth-order valence-electron chi connectivity index (χ4n) is 2.34. The van der Waals surface area contributed by atoms with Crippen LogP contribution in [-0.2, 0) is 10.0 Å². The summed E-state index contributed by atoms with van der Waals surface area (Å²) in [7, 11) is -1.70. The van der Waals surface area contributed by atoms with Crippen LogP contribution in [0.5, 0.6) is 0 Å². The zero-order valence-electron chi connectivity index (χ0n) is 11.0. The predicted molar refractivity (Wildman–Crippen MR) is 76.6 cm³/mol. The average molecular weight is 284 g/mol. The zero-order valence-corrected chi connectivity index (χ0v) is 11.9. The van der Waals surface area contributed by atoms with Gasteiger partial charge in [0, 0.05) is 19.6 Å². The Bertz CT molecular complexity index is 559. The number of rotatable bonds is 2. The van der Waals surface area contributed by atoms with E-state index in [-0.39, 0.29) is 10.6 Å². The number of likely N-dealkylation sites (N-methyl/N-ethyl adjacent to an activating group) is 1. The predicted octanol–water partition coefficient (Wildman–Crippen LogP) is 0.0581. The molecule has 0 bridgehead atoms. The Hall–Kier alpha value is -1.31. The van der Waals surface area contributed by atoms with Crippen molar-refractivity contribution in [3.05, 3.63) is 18.2 Å². The third-order valence-corrected chi connectivity index (χ3v) is 4.38. The van der Waals surface area contributed by atoms with Crippen molar-refractivity contribution in [2.24, 2.45) is 5.14 Å². The number of sulfonamides is 1. The van der Waals surface area contributed by atoms with Gasteiger partial charge in [-0.05, 0) is 32.1 Å². The standard InChI is InChI=1S/C12H20N4O2S/c1-15-6-3-7-16(9-8-15)10-4-2-5-11(12(10)13)19(14,17)18/h2,4-5H,3,6-9,13H2,1H3,(H2,14,17,18). The Morgan fingerprint density at radius 3 is 2.58 bits per heavy atom. The van der Waals surface area contributed by atoms with Gasteiger partial charge in [-0.3, -0.25) is 0 Å². The van der Waals surface area contributed by atoms with Gasteiger partial charge in [0.05, 0.1) is 11.4 Å². The molecule has 1 heterocycles. The topological polar surface area (TPSA) is 92.7 Å². The molecule has 4 N–H and O–H groups in total. The molecule has 1 aromatic carbocycles. The van der Waals surface area contributed by atoms with Gasteiger partial charge in [0.25, 0.3) is 0 Å². The molecule has 1 saturated heterocycles. The number of nitrogen functional groups attached to an aromatic ring is 1. The molecule has 0 spiro atoms. The fourth-order valence-corrected chi connectivity index (χ4v) is 3.02. The smallest absolute Gasteiger partial charge is 0.240 e. The van der Waals surface area contributed by atoms with E-state index in [1.165, 1.54) is 6.07 Å². The summed E-state index contributed by atoms with van der Waals surface area (Å²) < 4.78 is 23.0. The summed E-state index contributed by atoms with van der Waals surface area (Å²) in [4.78, 5) is 4.37. The summed E-state index contributed by atoms with van der Waals surface area (Å²) in [5.41, 5.74) is 6.97. The SMILES string of the molecule is CN1CCCN(c2cccc(S(N)(=O)=O)c2N)CC1. The summed E-state index contributed by atoms with van der Waals surface area (Å²) in [5.74, 6) is 0. The van der Waals surface area contributed by atoms with E-state index in [1.807, 2.05) is 6.07 Å². The highest BCUT2D eigenvalue weighted by Crippen LogP contribution is 2.29. The van der Waals surface area contributed by atoms with E-state index in [4.69, 9.17) is 10.9 Å². The van der Waals surface area contributed by atoms with Crippen LogP contribution in [0.2, 0.25) is 0 Å². The molecule has 1 aliphatic rings. The van der Waals surface area contributed by atoms with E-state index in [9.17, 15) is 8.42 Å². The number of nitrogens with zero attached hydrogens (tertiary/aromatic N) is 2. The first-order valence-corrected chi connectivity index (χ1v) is 7.79. The molecule has 1 fully saturated rings. The highest BCUT2D eigenvalue weighted by atomic mass is 32.2. The van der Waals surface area contributed by atoms with Crippen LogP contribution in [0.25, 0.3) is 0 Å². The molecular weight excluding hydrogens is 264 g/mol. The minimum absolute atomic E-state index is 0.00241. The molecule has 19 heavy (non-hydrogen) atoms. The lowest BCUT2D eigenvalue weighted by Gasteiger charge is -2.25. The van der Waals surface area contributed by atoms with Gasteiger partial charge < -0.3 is 15.5 Å². The van der Waals surface area contributed by atoms with Gasteiger partial charge >= 0.3 is 0 Å². The van der Waals surface area contributed by atoms with Crippen LogP contribution >= 0.6 is 0 Å². The Kier molecular flexibility index (Phi) is 3.98. The number of benzene rings is 1. The molecule has 0 aliphatic carbocycles. The van der Waals surface area contributed by atoms with Crippen molar-refractivity contribution in [1.29, 1.82) is 0 Å². The summed E-state index contributed by atoms with van der Waals surface area (Å²) in [6.07, 6.45) is 1.02. The molecule has 1 aliphatic heterocycles. The molecule has 2 rings (SSSR count). The first kappa shape index (κ1) is 14.1. The van der Waals surface area contributed by atoms with Crippen LogP contribution in [0, 0.1) is 0 Å². The monoisotopic (exact) mass is 284 g/mol. The van der Waals surface area contributed by atoms with Crippen molar-refractivity contribution in [3.8, 4) is 0 Å². The largest absolute Gasteiger partial charge is 0.396 e. The molecular formula is C12H20N4O2S. The van der Waals surface area contributed by atoms with Gasteiger partial charge in [-0.25, -0.2) is 13.6 Å². The molecule has 0 aromatic heterocycles. The summed E-state index contributed by atoms with van der Waals surface area (Å²) in [5, 5.41) is 5.17. The van der Waals surface area contributed by atoms with Crippen LogP contribution in [0.15, 0.2) is 23.1 Å². The maximum atomic E-state index is 11.5. The molecule has 0 amide bonds. The van der Waals surface area contributed by atoms with Gasteiger partial charge in [-0.2, -0.15) is 0 Å². The Morgan fingerprint density at radius 1 is 1.16 bits per heavy atom. The van der Waals surface area contributed by atoms with E-state index < -0.39 is 10.0 Å². The second-order valence-electron chi connectivity index (χ2n) is 4.88. The van der Waals surface area contributed by atoms with Gasteiger partial charge in [-0.1, -0.05) is 6.07 Å². The Balaban J connectivity index is 2.35. The lowest BCUT2D eigenvalue weighted by atomic mass is 10.2. The molecule has 0 saturated carbocycles. The zero-order chi connectivity index (χ0) is 14.0. The van der Waals surface area contributed by atoms with Crippen molar-refractivity contribution < 1.29 is 8.42 Å². The van der Waals surface area contributed by atoms with Crippen molar-refractivity contribution in [1.82, 2.24) is 4.90 Å². The number of primary sulfonamides is 1. The molecule has 7 heteroatoms. The third kappa shape index (κ3) is 3.17. The highest BCUT2D eigenvalue weighted by Gasteiger charge is 2.19. The molecule has 0 atom stereocenters. The second kappa shape index (κ2) is 5.36. The number of para-hydroxylation sites is 1. The van der Waals surface area contributed by atoms with Crippen molar-refractivity contribution in [3.63, 3.8) is 0 Å². The second-order valence-corrected chi connectivity index (χ2v) is 6.41. The van der Waals surface area contributed by atoms with Crippen molar-refractivity contribution in [2.75, 3.05) is 43.9 Å². The van der Waals surface area contributed by atoms with Crippen LogP contribution < -0.4 is 15.8 Å². The van der Waals surface area contributed by atoms with E-state index in [1.54, 1.807) is 6.07 Å². The minimum Gasteiger partial charge on any atom is -0.396 e. The molecule has 0 unspecified atom stereocenters. The van der Waals surface area contributed by atoms with E-state index in [0.717, 1.165) is 38.3 Å².